The fourth-order valence-corrected chi connectivity index (χ4v) is 0.929. The van der Waals surface area contributed by atoms with E-state index in [-0.39, 0.29) is 5.88 Å². The summed E-state index contributed by atoms with van der Waals surface area (Å²) < 4.78 is 5.16. The second kappa shape index (κ2) is 3.49. The monoisotopic (exact) mass is 196 g/mol. The third-order valence-corrected chi connectivity index (χ3v) is 1.59. The first kappa shape index (κ1) is 8.12. The maximum Gasteiger partial charge on any atom is 0.267 e. The molecule has 0 aliphatic heterocycles. The number of hydrogen-bond acceptors (Lipinski definition) is 5. The van der Waals surface area contributed by atoms with Gasteiger partial charge in [0.15, 0.2) is 0 Å². The van der Waals surface area contributed by atoms with Crippen molar-refractivity contribution in [2.75, 3.05) is 0 Å². The molecule has 0 atom stereocenters. The molecule has 0 aromatic carbocycles. The van der Waals surface area contributed by atoms with Crippen LogP contribution in [-0.4, -0.2) is 20.2 Å². The van der Waals surface area contributed by atoms with E-state index in [4.69, 9.17) is 16.0 Å². The molecule has 0 saturated heterocycles. The smallest absolute Gasteiger partial charge is 0.267 e. The van der Waals surface area contributed by atoms with Crippen LogP contribution in [0.2, 0.25) is 0 Å². The predicted molar refractivity (Wildman–Crippen MR) is 44.9 cm³/mol. The van der Waals surface area contributed by atoms with Crippen LogP contribution < -0.4 is 0 Å². The molecule has 0 N–H and O–H groups in total. The summed E-state index contributed by atoms with van der Waals surface area (Å²) >= 11 is 5.50. The Kier molecular flexibility index (Phi) is 2.18. The molecular formula is C7H5ClN4O. The molecule has 13 heavy (non-hydrogen) atoms. The van der Waals surface area contributed by atoms with Crippen LogP contribution in [0.5, 0.6) is 0 Å². The lowest BCUT2D eigenvalue weighted by atomic mass is 10.4. The molecule has 0 radical (unpaired) electrons. The van der Waals surface area contributed by atoms with E-state index < -0.39 is 0 Å². The minimum atomic E-state index is 0.202. The Balaban J connectivity index is 2.36. The Labute approximate surface area is 78.8 Å². The summed E-state index contributed by atoms with van der Waals surface area (Å²) in [6.07, 6.45) is 4.67. The fourth-order valence-electron chi connectivity index (χ4n) is 0.821. The van der Waals surface area contributed by atoms with Crippen LogP contribution >= 0.6 is 11.6 Å². The number of rotatable bonds is 2. The molecule has 0 aliphatic carbocycles. The first-order valence-electron chi connectivity index (χ1n) is 3.55. The molecule has 66 valence electrons. The summed E-state index contributed by atoms with van der Waals surface area (Å²) in [6, 6.07) is 0. The van der Waals surface area contributed by atoms with Gasteiger partial charge in [0.05, 0.1) is 6.20 Å². The summed E-state index contributed by atoms with van der Waals surface area (Å²) in [7, 11) is 0. The van der Waals surface area contributed by atoms with Crippen LogP contribution in [0.3, 0.4) is 0 Å². The summed E-state index contributed by atoms with van der Waals surface area (Å²) in [5.74, 6) is 0.916. The highest BCUT2D eigenvalue weighted by Crippen LogP contribution is 2.13. The number of hydrogen-bond donors (Lipinski definition) is 0. The van der Waals surface area contributed by atoms with Gasteiger partial charge in [0.1, 0.15) is 11.6 Å². The first-order chi connectivity index (χ1) is 6.40. The standard InChI is InChI=1S/C7H5ClN4O/c8-3-6-11-12-7(13-6)5-4-9-1-2-10-5/h1-2,4H,3H2. The van der Waals surface area contributed by atoms with Crippen molar-refractivity contribution in [3.05, 3.63) is 24.5 Å². The van der Waals surface area contributed by atoms with Gasteiger partial charge in [-0.2, -0.15) is 0 Å². The molecule has 2 heterocycles. The maximum atomic E-state index is 5.50. The normalized spacial score (nSPS) is 10.2. The molecule has 5 nitrogen and oxygen atoms in total. The third-order valence-electron chi connectivity index (χ3n) is 1.36. The lowest BCUT2D eigenvalue weighted by Gasteiger charge is -1.89. The van der Waals surface area contributed by atoms with Crippen LogP contribution in [0.4, 0.5) is 0 Å². The average molecular weight is 197 g/mol. The molecule has 0 aliphatic rings. The van der Waals surface area contributed by atoms with Crippen LogP contribution in [0.25, 0.3) is 11.6 Å². The van der Waals surface area contributed by atoms with E-state index in [2.05, 4.69) is 20.2 Å². The molecule has 0 unspecified atom stereocenters. The van der Waals surface area contributed by atoms with Crippen molar-refractivity contribution in [3.63, 3.8) is 0 Å². The Morgan fingerprint density at radius 2 is 2.23 bits per heavy atom. The highest BCUT2D eigenvalue weighted by atomic mass is 35.5. The number of halogens is 1. The van der Waals surface area contributed by atoms with Crippen molar-refractivity contribution in [3.8, 4) is 11.6 Å². The zero-order valence-corrected chi connectivity index (χ0v) is 7.27. The van der Waals surface area contributed by atoms with E-state index in [0.717, 1.165) is 0 Å². The van der Waals surface area contributed by atoms with Gasteiger partial charge in [-0.3, -0.25) is 4.98 Å². The fraction of sp³-hybridized carbons (Fsp3) is 0.143. The van der Waals surface area contributed by atoms with Crippen molar-refractivity contribution in [2.45, 2.75) is 5.88 Å². The minimum absolute atomic E-state index is 0.202. The van der Waals surface area contributed by atoms with E-state index in [1.807, 2.05) is 0 Å². The summed E-state index contributed by atoms with van der Waals surface area (Å²) in [5, 5.41) is 7.45. The van der Waals surface area contributed by atoms with Crippen molar-refractivity contribution in [1.82, 2.24) is 20.2 Å². The van der Waals surface area contributed by atoms with E-state index in [0.29, 0.717) is 17.5 Å². The molecule has 0 amide bonds. The zero-order chi connectivity index (χ0) is 9.10. The predicted octanol–water partition coefficient (Wildman–Crippen LogP) is 1.27. The lowest BCUT2D eigenvalue weighted by molar-refractivity contribution is 0.525. The Hall–Kier alpha value is -1.49. The molecule has 0 spiro atoms. The molecule has 0 bridgehead atoms. The number of aromatic nitrogens is 4. The molecular weight excluding hydrogens is 192 g/mol. The van der Waals surface area contributed by atoms with Crippen molar-refractivity contribution in [2.24, 2.45) is 0 Å². The van der Waals surface area contributed by atoms with Gasteiger partial charge in [0.2, 0.25) is 5.89 Å². The van der Waals surface area contributed by atoms with Crippen LogP contribution in [0.1, 0.15) is 5.89 Å². The van der Waals surface area contributed by atoms with Gasteiger partial charge < -0.3 is 4.42 Å². The van der Waals surface area contributed by atoms with Gasteiger partial charge >= 0.3 is 0 Å². The zero-order valence-electron chi connectivity index (χ0n) is 6.51. The Morgan fingerprint density at radius 3 is 2.85 bits per heavy atom. The summed E-state index contributed by atoms with van der Waals surface area (Å²) in [6.45, 7) is 0. The van der Waals surface area contributed by atoms with E-state index >= 15 is 0 Å². The third kappa shape index (κ3) is 1.65. The van der Waals surface area contributed by atoms with Gasteiger partial charge in [0.25, 0.3) is 5.89 Å². The van der Waals surface area contributed by atoms with Crippen LogP contribution in [0.15, 0.2) is 23.0 Å². The van der Waals surface area contributed by atoms with Gasteiger partial charge in [-0.15, -0.1) is 21.8 Å². The molecule has 2 aromatic rings. The van der Waals surface area contributed by atoms with Crippen molar-refractivity contribution >= 4 is 11.6 Å². The van der Waals surface area contributed by atoms with E-state index in [9.17, 15) is 0 Å². The second-order valence-corrected chi connectivity index (χ2v) is 2.49. The van der Waals surface area contributed by atoms with E-state index in [1.165, 1.54) is 0 Å². The number of nitrogens with zero attached hydrogens (tertiary/aromatic N) is 4. The topological polar surface area (TPSA) is 64.7 Å². The molecule has 6 heteroatoms. The van der Waals surface area contributed by atoms with Crippen LogP contribution in [-0.2, 0) is 5.88 Å². The highest BCUT2D eigenvalue weighted by molar-refractivity contribution is 6.16. The highest BCUT2D eigenvalue weighted by Gasteiger charge is 2.07. The molecule has 2 aromatic heterocycles. The SMILES string of the molecule is ClCc1nnc(-c2cnccn2)o1. The minimum Gasteiger partial charge on any atom is -0.418 e. The van der Waals surface area contributed by atoms with Crippen molar-refractivity contribution in [1.29, 1.82) is 0 Å². The molecule has 2 rings (SSSR count). The average Bonchev–Trinajstić information content (AvgIpc) is 2.67. The van der Waals surface area contributed by atoms with Gasteiger partial charge in [0, 0.05) is 12.4 Å². The van der Waals surface area contributed by atoms with Crippen molar-refractivity contribution < 1.29 is 4.42 Å². The number of alkyl halides is 1. The Bertz CT molecular complexity index is 388. The van der Waals surface area contributed by atoms with Gasteiger partial charge in [-0.05, 0) is 0 Å². The summed E-state index contributed by atoms with van der Waals surface area (Å²) in [4.78, 5) is 7.87. The van der Waals surface area contributed by atoms with Crippen LogP contribution in [0, 0.1) is 0 Å². The summed E-state index contributed by atoms with van der Waals surface area (Å²) in [5.41, 5.74) is 0.548. The van der Waals surface area contributed by atoms with Gasteiger partial charge in [-0.1, -0.05) is 0 Å². The molecule has 0 saturated carbocycles. The molecule has 0 fully saturated rings. The second-order valence-electron chi connectivity index (χ2n) is 2.23. The quantitative estimate of drug-likeness (QED) is 0.677. The first-order valence-corrected chi connectivity index (χ1v) is 4.08. The Morgan fingerprint density at radius 1 is 1.31 bits per heavy atom. The largest absolute Gasteiger partial charge is 0.418 e. The maximum absolute atomic E-state index is 5.50. The van der Waals surface area contributed by atoms with E-state index in [1.54, 1.807) is 18.6 Å². The lowest BCUT2D eigenvalue weighted by Crippen LogP contribution is -1.83. The van der Waals surface area contributed by atoms with Gasteiger partial charge in [-0.25, -0.2) is 4.98 Å².